The molecule has 31 heavy (non-hydrogen) atoms. The summed E-state index contributed by atoms with van der Waals surface area (Å²) in [5.74, 6) is 3.32. The number of rotatable bonds is 7. The molecule has 0 aliphatic heterocycles. The second-order valence-electron chi connectivity index (χ2n) is 6.72. The maximum absolute atomic E-state index is 5.44. The lowest BCUT2D eigenvalue weighted by atomic mass is 10.2. The topological polar surface area (TPSA) is 96.2 Å². The van der Waals surface area contributed by atoms with Crippen LogP contribution in [0.3, 0.4) is 0 Å². The second kappa shape index (κ2) is 8.31. The van der Waals surface area contributed by atoms with Crippen LogP contribution in [0.2, 0.25) is 0 Å². The van der Waals surface area contributed by atoms with Crippen molar-refractivity contribution in [1.29, 1.82) is 0 Å². The van der Waals surface area contributed by atoms with Gasteiger partial charge in [-0.25, -0.2) is 15.0 Å². The summed E-state index contributed by atoms with van der Waals surface area (Å²) in [5, 5.41) is 3.24. The minimum atomic E-state index is 0.526. The van der Waals surface area contributed by atoms with Crippen molar-refractivity contribution >= 4 is 28.2 Å². The van der Waals surface area contributed by atoms with Crippen molar-refractivity contribution in [3.8, 4) is 22.9 Å². The number of hydrogen-bond acceptors (Lipinski definition) is 8. The zero-order valence-electron chi connectivity index (χ0n) is 17.7. The van der Waals surface area contributed by atoms with Gasteiger partial charge in [0.1, 0.15) is 17.7 Å². The van der Waals surface area contributed by atoms with Crippen LogP contribution in [0, 0.1) is 0 Å². The maximum atomic E-state index is 5.44. The van der Waals surface area contributed by atoms with E-state index in [1.807, 2.05) is 42.0 Å². The summed E-state index contributed by atoms with van der Waals surface area (Å²) in [4.78, 5) is 17.9. The van der Waals surface area contributed by atoms with Crippen LogP contribution in [0.15, 0.2) is 49.6 Å². The molecule has 3 aromatic heterocycles. The first kappa shape index (κ1) is 20.1. The summed E-state index contributed by atoms with van der Waals surface area (Å²) in [6.07, 6.45) is 5.21. The van der Waals surface area contributed by atoms with E-state index >= 15 is 0 Å². The van der Waals surface area contributed by atoms with Crippen molar-refractivity contribution in [2.75, 3.05) is 26.6 Å². The molecule has 158 valence electrons. The highest BCUT2D eigenvalue weighted by molar-refractivity contribution is 5.87. The van der Waals surface area contributed by atoms with Crippen molar-refractivity contribution in [1.82, 2.24) is 24.5 Å². The molecule has 0 unspecified atom stereocenters. The molecule has 0 saturated carbocycles. The molecule has 0 saturated heterocycles. The average Bonchev–Trinajstić information content (AvgIpc) is 3.26. The number of methoxy groups -OCH3 is 3. The number of ether oxygens (including phenoxy) is 3. The van der Waals surface area contributed by atoms with Gasteiger partial charge >= 0.3 is 0 Å². The van der Waals surface area contributed by atoms with Crippen LogP contribution in [-0.2, 0) is 0 Å². The van der Waals surface area contributed by atoms with E-state index in [1.165, 1.54) is 0 Å². The number of imidazole rings is 1. The molecule has 0 aliphatic rings. The third-order valence-corrected chi connectivity index (χ3v) is 4.61. The third-order valence-electron chi connectivity index (χ3n) is 4.61. The standard InChI is InChI=1S/C22H22N6O3/c1-13(2)21-25-15-7-6-8-23-19(15)22(27-21)26-18-11-28(12-24-18)14-9-16(29-3)20(31-5)17(10-14)30-4/h6-12H,1H2,2-5H3,(H,25,26,27). The van der Waals surface area contributed by atoms with Crippen LogP contribution in [0.4, 0.5) is 11.6 Å². The molecule has 4 aromatic rings. The van der Waals surface area contributed by atoms with Gasteiger partial charge in [-0.05, 0) is 24.6 Å². The summed E-state index contributed by atoms with van der Waals surface area (Å²) in [5.41, 5.74) is 2.93. The number of fused-ring (bicyclic) bond motifs is 1. The Labute approximate surface area is 179 Å². The number of anilines is 2. The van der Waals surface area contributed by atoms with Crippen LogP contribution < -0.4 is 19.5 Å². The number of pyridine rings is 1. The number of allylic oxidation sites excluding steroid dienone is 1. The van der Waals surface area contributed by atoms with Crippen molar-refractivity contribution in [2.45, 2.75) is 6.92 Å². The number of hydrogen-bond donors (Lipinski definition) is 1. The predicted octanol–water partition coefficient (Wildman–Crippen LogP) is 4.01. The lowest BCUT2D eigenvalue weighted by Crippen LogP contribution is -2.02. The van der Waals surface area contributed by atoms with Crippen molar-refractivity contribution < 1.29 is 14.2 Å². The fourth-order valence-corrected chi connectivity index (χ4v) is 3.11. The number of nitrogens with one attached hydrogen (secondary N) is 1. The fourth-order valence-electron chi connectivity index (χ4n) is 3.11. The first-order valence-corrected chi connectivity index (χ1v) is 9.44. The van der Waals surface area contributed by atoms with Gasteiger partial charge in [0.05, 0.1) is 38.7 Å². The van der Waals surface area contributed by atoms with E-state index in [0.717, 1.165) is 16.8 Å². The lowest BCUT2D eigenvalue weighted by Gasteiger charge is -2.14. The first-order valence-electron chi connectivity index (χ1n) is 9.44. The molecule has 0 spiro atoms. The van der Waals surface area contributed by atoms with Crippen LogP contribution in [0.25, 0.3) is 22.3 Å². The first-order chi connectivity index (χ1) is 15.0. The van der Waals surface area contributed by atoms with Gasteiger partial charge in [0.25, 0.3) is 0 Å². The Bertz CT molecular complexity index is 1240. The van der Waals surface area contributed by atoms with E-state index in [0.29, 0.717) is 40.2 Å². The van der Waals surface area contributed by atoms with E-state index in [-0.39, 0.29) is 0 Å². The van der Waals surface area contributed by atoms with Crippen LogP contribution in [0.5, 0.6) is 17.2 Å². The quantitative estimate of drug-likeness (QED) is 0.481. The van der Waals surface area contributed by atoms with E-state index in [1.54, 1.807) is 33.9 Å². The van der Waals surface area contributed by atoms with E-state index in [2.05, 4.69) is 31.8 Å². The normalized spacial score (nSPS) is 10.7. The van der Waals surface area contributed by atoms with E-state index in [4.69, 9.17) is 14.2 Å². The Morgan fingerprint density at radius 3 is 2.42 bits per heavy atom. The highest BCUT2D eigenvalue weighted by Gasteiger charge is 2.15. The predicted molar refractivity (Wildman–Crippen MR) is 119 cm³/mol. The Hall–Kier alpha value is -4.14. The molecule has 4 rings (SSSR count). The van der Waals surface area contributed by atoms with E-state index < -0.39 is 0 Å². The van der Waals surface area contributed by atoms with Crippen LogP contribution >= 0.6 is 0 Å². The van der Waals surface area contributed by atoms with Gasteiger partial charge < -0.3 is 24.1 Å². The molecule has 3 heterocycles. The Morgan fingerprint density at radius 1 is 1.03 bits per heavy atom. The largest absolute Gasteiger partial charge is 0.493 e. The molecule has 0 fully saturated rings. The Morgan fingerprint density at radius 2 is 1.77 bits per heavy atom. The molecule has 9 heteroatoms. The third kappa shape index (κ3) is 3.85. The van der Waals surface area contributed by atoms with Gasteiger partial charge in [0.2, 0.25) is 5.75 Å². The number of benzene rings is 1. The Balaban J connectivity index is 1.72. The minimum absolute atomic E-state index is 0.526. The summed E-state index contributed by atoms with van der Waals surface area (Å²) < 4.78 is 18.1. The maximum Gasteiger partial charge on any atom is 0.203 e. The molecule has 0 amide bonds. The molecule has 0 bridgehead atoms. The van der Waals surface area contributed by atoms with Crippen LogP contribution in [-0.4, -0.2) is 45.8 Å². The average molecular weight is 418 g/mol. The zero-order valence-corrected chi connectivity index (χ0v) is 17.7. The highest BCUT2D eigenvalue weighted by atomic mass is 16.5. The van der Waals surface area contributed by atoms with Crippen molar-refractivity contribution in [2.24, 2.45) is 0 Å². The van der Waals surface area contributed by atoms with Gasteiger partial charge in [0.15, 0.2) is 23.1 Å². The second-order valence-corrected chi connectivity index (χ2v) is 6.72. The van der Waals surface area contributed by atoms with Gasteiger partial charge in [-0.2, -0.15) is 0 Å². The smallest absolute Gasteiger partial charge is 0.203 e. The number of nitrogens with zero attached hydrogens (tertiary/aromatic N) is 5. The molecule has 0 atom stereocenters. The number of aromatic nitrogens is 5. The zero-order chi connectivity index (χ0) is 22.0. The highest BCUT2D eigenvalue weighted by Crippen LogP contribution is 2.39. The molecule has 1 aromatic carbocycles. The molecule has 0 radical (unpaired) electrons. The van der Waals surface area contributed by atoms with E-state index in [9.17, 15) is 0 Å². The van der Waals surface area contributed by atoms with Gasteiger partial charge in [0, 0.05) is 18.3 Å². The molecule has 9 nitrogen and oxygen atoms in total. The molecular formula is C22H22N6O3. The Kier molecular flexibility index (Phi) is 5.40. The van der Waals surface area contributed by atoms with Crippen molar-refractivity contribution in [3.63, 3.8) is 0 Å². The monoisotopic (exact) mass is 418 g/mol. The molecule has 1 N–H and O–H groups in total. The summed E-state index contributed by atoms with van der Waals surface area (Å²) in [6, 6.07) is 7.40. The lowest BCUT2D eigenvalue weighted by molar-refractivity contribution is 0.324. The fraction of sp³-hybridized carbons (Fsp3) is 0.182. The SMILES string of the molecule is C=C(C)c1nc(Nc2cn(-c3cc(OC)c(OC)c(OC)c3)cn2)c2ncccc2n1. The van der Waals surface area contributed by atoms with Gasteiger partial charge in [-0.1, -0.05) is 6.58 Å². The molecular weight excluding hydrogens is 396 g/mol. The summed E-state index contributed by atoms with van der Waals surface area (Å²) in [6.45, 7) is 5.81. The van der Waals surface area contributed by atoms with Crippen LogP contribution in [0.1, 0.15) is 12.7 Å². The van der Waals surface area contributed by atoms with Gasteiger partial charge in [-0.15, -0.1) is 0 Å². The van der Waals surface area contributed by atoms with Gasteiger partial charge in [-0.3, -0.25) is 4.98 Å². The summed E-state index contributed by atoms with van der Waals surface area (Å²) >= 11 is 0. The summed E-state index contributed by atoms with van der Waals surface area (Å²) in [7, 11) is 4.72. The molecule has 0 aliphatic carbocycles. The minimum Gasteiger partial charge on any atom is -0.493 e. The van der Waals surface area contributed by atoms with Crippen molar-refractivity contribution in [3.05, 3.63) is 55.4 Å².